The second-order valence-electron chi connectivity index (χ2n) is 6.78. The van der Waals surface area contributed by atoms with Crippen LogP contribution < -0.4 is 0 Å². The van der Waals surface area contributed by atoms with Crippen molar-refractivity contribution in [2.45, 2.75) is 33.8 Å². The van der Waals surface area contributed by atoms with Crippen molar-refractivity contribution in [3.05, 3.63) is 46.8 Å². The van der Waals surface area contributed by atoms with Gasteiger partial charge in [-0.25, -0.2) is 18.0 Å². The average Bonchev–Trinajstić information content (AvgIpc) is 3.14. The van der Waals surface area contributed by atoms with Gasteiger partial charge in [0.2, 0.25) is 0 Å². The van der Waals surface area contributed by atoms with Crippen molar-refractivity contribution in [3.63, 3.8) is 0 Å². The molecule has 0 radical (unpaired) electrons. The van der Waals surface area contributed by atoms with E-state index in [9.17, 15) is 22.8 Å². The molecular formula is C19H21F3O4. The maximum absolute atomic E-state index is 14.0. The van der Waals surface area contributed by atoms with E-state index in [4.69, 9.17) is 4.74 Å². The third kappa shape index (κ3) is 3.76. The van der Waals surface area contributed by atoms with E-state index < -0.39 is 47.3 Å². The average molecular weight is 370 g/mol. The summed E-state index contributed by atoms with van der Waals surface area (Å²) in [7, 11) is 1.24. The Labute approximate surface area is 150 Å². The lowest BCUT2D eigenvalue weighted by molar-refractivity contribution is -0.147. The quantitative estimate of drug-likeness (QED) is 0.435. The van der Waals surface area contributed by atoms with Gasteiger partial charge in [0, 0.05) is 17.7 Å². The molecule has 26 heavy (non-hydrogen) atoms. The Balaban J connectivity index is 2.11. The maximum Gasteiger partial charge on any atom is 0.330 e. The largest absolute Gasteiger partial charge is 0.466 e. The first-order valence-corrected chi connectivity index (χ1v) is 8.23. The number of rotatable bonds is 6. The fraction of sp³-hybridized carbons (Fsp3) is 0.474. The maximum atomic E-state index is 14.0. The van der Waals surface area contributed by atoms with E-state index in [-0.39, 0.29) is 23.5 Å². The van der Waals surface area contributed by atoms with Crippen LogP contribution in [0, 0.1) is 34.7 Å². The normalized spacial score (nSPS) is 20.9. The van der Waals surface area contributed by atoms with Crippen LogP contribution in [0.1, 0.15) is 31.9 Å². The molecule has 142 valence electrons. The molecule has 1 fully saturated rings. The fourth-order valence-electron chi connectivity index (χ4n) is 3.19. The van der Waals surface area contributed by atoms with Crippen LogP contribution in [0.3, 0.4) is 0 Å². The summed E-state index contributed by atoms with van der Waals surface area (Å²) in [6.07, 6.45) is 2.93. The third-order valence-electron chi connectivity index (χ3n) is 4.90. The van der Waals surface area contributed by atoms with Gasteiger partial charge in [-0.3, -0.25) is 4.79 Å². The van der Waals surface area contributed by atoms with E-state index in [0.717, 1.165) is 0 Å². The zero-order valence-corrected chi connectivity index (χ0v) is 15.1. The first-order chi connectivity index (χ1) is 12.1. The first-order valence-electron chi connectivity index (χ1n) is 8.23. The van der Waals surface area contributed by atoms with Gasteiger partial charge in [-0.2, -0.15) is 0 Å². The number of methoxy groups -OCH3 is 1. The lowest BCUT2D eigenvalue weighted by Crippen LogP contribution is -2.13. The molecule has 1 aromatic carbocycles. The summed E-state index contributed by atoms with van der Waals surface area (Å²) in [5.74, 6) is -5.33. The molecule has 0 unspecified atom stereocenters. The Morgan fingerprint density at radius 3 is 2.42 bits per heavy atom. The van der Waals surface area contributed by atoms with Gasteiger partial charge in [0.1, 0.15) is 12.4 Å². The molecule has 0 amide bonds. The highest BCUT2D eigenvalue weighted by molar-refractivity contribution is 5.83. The summed E-state index contributed by atoms with van der Waals surface area (Å²) in [5.41, 5.74) is -0.756. The zero-order valence-electron chi connectivity index (χ0n) is 15.1. The first kappa shape index (κ1) is 20.0. The highest BCUT2D eigenvalue weighted by Gasteiger charge is 2.61. The van der Waals surface area contributed by atoms with Gasteiger partial charge in [0.05, 0.1) is 13.0 Å². The number of carbonyl (C=O) groups excluding carboxylic acids is 2. The second-order valence-corrected chi connectivity index (χ2v) is 6.78. The van der Waals surface area contributed by atoms with Crippen LogP contribution in [0.15, 0.2) is 18.2 Å². The Morgan fingerprint density at radius 2 is 1.85 bits per heavy atom. The molecular weight excluding hydrogens is 349 g/mol. The lowest BCUT2D eigenvalue weighted by atomic mass is 10.0. The van der Waals surface area contributed by atoms with Crippen LogP contribution in [0.5, 0.6) is 0 Å². The van der Waals surface area contributed by atoms with E-state index in [1.807, 2.05) is 13.8 Å². The van der Waals surface area contributed by atoms with Crippen LogP contribution in [0.2, 0.25) is 0 Å². The molecule has 0 spiro atoms. The van der Waals surface area contributed by atoms with Crippen molar-refractivity contribution < 1.29 is 32.2 Å². The minimum absolute atomic E-state index is 0.0195. The van der Waals surface area contributed by atoms with Crippen LogP contribution in [0.25, 0.3) is 0 Å². The molecule has 0 aliphatic heterocycles. The Morgan fingerprint density at radius 1 is 1.19 bits per heavy atom. The summed E-state index contributed by atoms with van der Waals surface area (Å²) in [6, 6.07) is 0.483. The number of allylic oxidation sites excluding steroid dienone is 1. The van der Waals surface area contributed by atoms with Gasteiger partial charge in [0.15, 0.2) is 11.6 Å². The van der Waals surface area contributed by atoms with Crippen molar-refractivity contribution in [1.29, 1.82) is 0 Å². The molecule has 2 atom stereocenters. The second kappa shape index (κ2) is 7.51. The number of esters is 2. The van der Waals surface area contributed by atoms with Crippen molar-refractivity contribution in [2.24, 2.45) is 17.3 Å². The Bertz CT molecular complexity index is 756. The molecule has 1 aliphatic rings. The van der Waals surface area contributed by atoms with Gasteiger partial charge >= 0.3 is 11.9 Å². The number of ether oxygens (including phenoxy) is 2. The van der Waals surface area contributed by atoms with Crippen molar-refractivity contribution >= 4 is 11.9 Å². The molecule has 0 N–H and O–H groups in total. The van der Waals surface area contributed by atoms with E-state index in [2.05, 4.69) is 4.74 Å². The van der Waals surface area contributed by atoms with Crippen molar-refractivity contribution in [2.75, 3.05) is 7.11 Å². The summed E-state index contributed by atoms with van der Waals surface area (Å²) >= 11 is 0. The summed E-state index contributed by atoms with van der Waals surface area (Å²) in [5, 5.41) is 0. The van der Waals surface area contributed by atoms with Crippen molar-refractivity contribution in [1.82, 2.24) is 0 Å². The number of benzene rings is 1. The number of carbonyl (C=O) groups is 2. The van der Waals surface area contributed by atoms with Crippen LogP contribution in [-0.2, 0) is 32.1 Å². The van der Waals surface area contributed by atoms with Gasteiger partial charge in [-0.05, 0) is 23.3 Å². The zero-order chi connectivity index (χ0) is 19.6. The molecule has 7 heteroatoms. The predicted molar refractivity (Wildman–Crippen MR) is 87.4 cm³/mol. The van der Waals surface area contributed by atoms with Gasteiger partial charge in [-0.1, -0.05) is 26.8 Å². The highest BCUT2D eigenvalue weighted by atomic mass is 19.2. The van der Waals surface area contributed by atoms with Gasteiger partial charge in [0.25, 0.3) is 0 Å². The molecule has 1 saturated carbocycles. The molecule has 4 nitrogen and oxygen atoms in total. The smallest absolute Gasteiger partial charge is 0.330 e. The van der Waals surface area contributed by atoms with Crippen molar-refractivity contribution in [3.8, 4) is 0 Å². The van der Waals surface area contributed by atoms with Crippen LogP contribution in [0.4, 0.5) is 13.2 Å². The minimum Gasteiger partial charge on any atom is -0.466 e. The molecule has 0 saturated heterocycles. The molecule has 2 rings (SSSR count). The molecule has 1 aromatic rings. The molecule has 0 heterocycles. The summed E-state index contributed by atoms with van der Waals surface area (Å²) in [6.45, 7) is 4.69. The van der Waals surface area contributed by atoms with E-state index in [0.29, 0.717) is 6.07 Å². The number of hydrogen-bond donors (Lipinski definition) is 0. The standard InChI is InChI=1S/C19H21F3O4/c1-5-10-11(17(22)14(21)8-13(10)20)9-26-18(24)16-12(19(16,2)3)6-7-15(23)25-4/h6-8,12,16H,5,9H2,1-4H3/b7-6-/t12-,16-/m0/s1. The summed E-state index contributed by atoms with van der Waals surface area (Å²) < 4.78 is 50.8. The molecule has 1 aliphatic carbocycles. The monoisotopic (exact) mass is 370 g/mol. The van der Waals surface area contributed by atoms with E-state index in [1.165, 1.54) is 13.2 Å². The SMILES string of the molecule is CCc1c(F)cc(F)c(F)c1COC(=O)[C@@H]1[C@H](/C=C\C(=O)OC)C1(C)C. The van der Waals surface area contributed by atoms with Crippen LogP contribution >= 0.6 is 0 Å². The lowest BCUT2D eigenvalue weighted by Gasteiger charge is -2.12. The fourth-order valence-corrected chi connectivity index (χ4v) is 3.19. The van der Waals surface area contributed by atoms with Gasteiger partial charge < -0.3 is 9.47 Å². The number of hydrogen-bond acceptors (Lipinski definition) is 4. The minimum atomic E-state index is -1.32. The molecule has 0 bridgehead atoms. The van der Waals surface area contributed by atoms with Gasteiger partial charge in [-0.15, -0.1) is 0 Å². The Kier molecular flexibility index (Phi) is 5.78. The third-order valence-corrected chi connectivity index (χ3v) is 4.90. The van der Waals surface area contributed by atoms with E-state index in [1.54, 1.807) is 13.0 Å². The van der Waals surface area contributed by atoms with E-state index >= 15 is 0 Å². The Hall–Kier alpha value is -2.31. The topological polar surface area (TPSA) is 52.6 Å². The highest BCUT2D eigenvalue weighted by Crippen LogP contribution is 2.59. The predicted octanol–water partition coefficient (Wildman–Crippen LogP) is 3.71. The summed E-state index contributed by atoms with van der Waals surface area (Å²) in [4.78, 5) is 23.5. The van der Waals surface area contributed by atoms with Crippen LogP contribution in [-0.4, -0.2) is 19.0 Å². The number of halogens is 3. The molecule has 0 aromatic heterocycles.